The predicted molar refractivity (Wildman–Crippen MR) is 93.0 cm³/mol. The number of carbonyl (C=O) groups is 1. The number of carboxylic acid groups (broad SMARTS) is 1. The topological polar surface area (TPSA) is 88.8 Å². The van der Waals surface area contributed by atoms with E-state index >= 15 is 0 Å². The fourth-order valence-corrected chi connectivity index (χ4v) is 2.37. The minimum Gasteiger partial charge on any atom is -0.493 e. The molecule has 25 heavy (non-hydrogen) atoms. The molecule has 2 aromatic rings. The van der Waals surface area contributed by atoms with Crippen LogP contribution in [0.1, 0.15) is 21.5 Å². The highest BCUT2D eigenvalue weighted by atomic mass is 16.5. The van der Waals surface area contributed by atoms with Gasteiger partial charge in [-0.05, 0) is 35.9 Å². The van der Waals surface area contributed by atoms with Crippen LogP contribution in [0.2, 0.25) is 0 Å². The molecule has 0 unspecified atom stereocenters. The van der Waals surface area contributed by atoms with Crippen LogP contribution in [-0.4, -0.2) is 32.4 Å². The molecule has 2 rings (SSSR count). The Kier molecular flexibility index (Phi) is 5.64. The van der Waals surface area contributed by atoms with Crippen molar-refractivity contribution in [2.45, 2.75) is 0 Å². The Morgan fingerprint density at radius 2 is 1.56 bits per heavy atom. The van der Waals surface area contributed by atoms with E-state index in [1.54, 1.807) is 30.3 Å². The molecule has 0 saturated carbocycles. The number of carboxylic acids is 1. The van der Waals surface area contributed by atoms with E-state index in [2.05, 4.69) is 6.07 Å². The summed E-state index contributed by atoms with van der Waals surface area (Å²) < 4.78 is 16.0. The Balaban J connectivity index is 2.53. The molecule has 0 aliphatic heterocycles. The van der Waals surface area contributed by atoms with Gasteiger partial charge in [0.2, 0.25) is 5.75 Å². The molecule has 0 aromatic heterocycles. The third kappa shape index (κ3) is 3.72. The maximum atomic E-state index is 10.9. The smallest absolute Gasteiger partial charge is 0.335 e. The lowest BCUT2D eigenvalue weighted by atomic mass is 10.0. The summed E-state index contributed by atoms with van der Waals surface area (Å²) in [5.74, 6) is 0.366. The first kappa shape index (κ1) is 17.9. The lowest BCUT2D eigenvalue weighted by Crippen LogP contribution is -1.97. The van der Waals surface area contributed by atoms with Crippen LogP contribution in [0.15, 0.2) is 36.4 Å². The van der Waals surface area contributed by atoms with E-state index in [0.29, 0.717) is 33.9 Å². The maximum absolute atomic E-state index is 10.9. The van der Waals surface area contributed by atoms with Gasteiger partial charge in [0.1, 0.15) is 0 Å². The van der Waals surface area contributed by atoms with Crippen molar-refractivity contribution in [2.24, 2.45) is 0 Å². The molecule has 128 valence electrons. The van der Waals surface area contributed by atoms with Crippen molar-refractivity contribution in [3.05, 3.63) is 53.1 Å². The zero-order valence-corrected chi connectivity index (χ0v) is 14.1. The summed E-state index contributed by atoms with van der Waals surface area (Å²) in [5, 5.41) is 18.4. The quantitative estimate of drug-likeness (QED) is 0.640. The summed E-state index contributed by atoms with van der Waals surface area (Å²) in [4.78, 5) is 10.9. The Bertz CT molecular complexity index is 847. The third-order valence-corrected chi connectivity index (χ3v) is 3.60. The van der Waals surface area contributed by atoms with Crippen molar-refractivity contribution < 1.29 is 24.1 Å². The van der Waals surface area contributed by atoms with Gasteiger partial charge in [-0.1, -0.05) is 12.1 Å². The first-order chi connectivity index (χ1) is 12.0. The Morgan fingerprint density at radius 3 is 2.04 bits per heavy atom. The Labute approximate surface area is 145 Å². The summed E-state index contributed by atoms with van der Waals surface area (Å²) in [6, 6.07) is 11.7. The number of allylic oxidation sites excluding steroid dienone is 1. The van der Waals surface area contributed by atoms with Gasteiger partial charge < -0.3 is 19.3 Å². The molecule has 0 aliphatic rings. The predicted octanol–water partition coefficient (Wildman–Crippen LogP) is 3.47. The summed E-state index contributed by atoms with van der Waals surface area (Å²) in [5.41, 5.74) is 1.76. The van der Waals surface area contributed by atoms with Crippen molar-refractivity contribution in [1.29, 1.82) is 5.26 Å². The minimum atomic E-state index is -1.02. The molecule has 0 radical (unpaired) electrons. The van der Waals surface area contributed by atoms with E-state index in [-0.39, 0.29) is 5.56 Å². The second-order valence-electron chi connectivity index (χ2n) is 4.98. The molecule has 0 aliphatic carbocycles. The Hall–Kier alpha value is -3.46. The zero-order valence-electron chi connectivity index (χ0n) is 14.1. The van der Waals surface area contributed by atoms with E-state index in [0.717, 1.165) is 0 Å². The first-order valence-corrected chi connectivity index (χ1v) is 7.30. The number of nitriles is 1. The molecule has 0 amide bonds. The molecule has 1 N–H and O–H groups in total. The van der Waals surface area contributed by atoms with Crippen LogP contribution in [0.5, 0.6) is 17.2 Å². The van der Waals surface area contributed by atoms with Gasteiger partial charge in [0.25, 0.3) is 0 Å². The fraction of sp³-hybridized carbons (Fsp3) is 0.158. The van der Waals surface area contributed by atoms with E-state index in [1.807, 2.05) is 0 Å². The van der Waals surface area contributed by atoms with Gasteiger partial charge in [-0.15, -0.1) is 0 Å². The highest BCUT2D eigenvalue weighted by Gasteiger charge is 2.15. The second-order valence-corrected chi connectivity index (χ2v) is 4.98. The molecule has 6 heteroatoms. The number of rotatable bonds is 6. The minimum absolute atomic E-state index is 0.157. The van der Waals surface area contributed by atoms with Crippen molar-refractivity contribution in [1.82, 2.24) is 0 Å². The second kappa shape index (κ2) is 7.88. The van der Waals surface area contributed by atoms with Crippen LogP contribution in [0.3, 0.4) is 0 Å². The summed E-state index contributed by atoms with van der Waals surface area (Å²) >= 11 is 0. The van der Waals surface area contributed by atoms with Crippen LogP contribution in [0.4, 0.5) is 0 Å². The summed E-state index contributed by atoms with van der Waals surface area (Å²) in [6.45, 7) is 0. The standard InChI is InChI=1S/C19H17NO5/c1-23-16-9-8-14(17(24-2)18(16)25-3)10-15(11-20)12-4-6-13(7-5-12)19(21)22/h4-10H,1-3H3,(H,21,22)/b15-10-. The number of ether oxygens (including phenoxy) is 3. The van der Waals surface area contributed by atoms with Gasteiger partial charge in [-0.3, -0.25) is 0 Å². The van der Waals surface area contributed by atoms with E-state index in [4.69, 9.17) is 19.3 Å². The van der Waals surface area contributed by atoms with Gasteiger partial charge in [0, 0.05) is 5.56 Å². The molecule has 6 nitrogen and oxygen atoms in total. The van der Waals surface area contributed by atoms with Gasteiger partial charge in [0.15, 0.2) is 11.5 Å². The lowest BCUT2D eigenvalue weighted by molar-refractivity contribution is 0.0697. The van der Waals surface area contributed by atoms with Crippen molar-refractivity contribution in [2.75, 3.05) is 21.3 Å². The molecule has 0 spiro atoms. The normalized spacial score (nSPS) is 10.7. The highest BCUT2D eigenvalue weighted by Crippen LogP contribution is 2.41. The number of benzene rings is 2. The van der Waals surface area contributed by atoms with Crippen molar-refractivity contribution in [3.63, 3.8) is 0 Å². The number of aromatic carboxylic acids is 1. The van der Waals surface area contributed by atoms with Crippen LogP contribution in [0, 0.1) is 11.3 Å². The third-order valence-electron chi connectivity index (χ3n) is 3.60. The van der Waals surface area contributed by atoms with Crippen LogP contribution in [0.25, 0.3) is 11.6 Å². The lowest BCUT2D eigenvalue weighted by Gasteiger charge is -2.14. The van der Waals surface area contributed by atoms with E-state index < -0.39 is 5.97 Å². The summed E-state index contributed by atoms with van der Waals surface area (Å²) in [6.07, 6.45) is 1.65. The van der Waals surface area contributed by atoms with Gasteiger partial charge in [-0.25, -0.2) is 4.79 Å². The SMILES string of the molecule is COc1ccc(/C=C(/C#N)c2ccc(C(=O)O)cc2)c(OC)c1OC. The largest absolute Gasteiger partial charge is 0.493 e. The fourth-order valence-electron chi connectivity index (χ4n) is 2.37. The number of hydrogen-bond acceptors (Lipinski definition) is 5. The molecule has 0 fully saturated rings. The average Bonchev–Trinajstić information content (AvgIpc) is 2.65. The molecular weight excluding hydrogens is 322 g/mol. The average molecular weight is 339 g/mol. The molecule has 0 heterocycles. The maximum Gasteiger partial charge on any atom is 0.335 e. The number of methoxy groups -OCH3 is 3. The summed E-state index contributed by atoms with van der Waals surface area (Å²) in [7, 11) is 4.53. The molecule has 0 atom stereocenters. The Morgan fingerprint density at radius 1 is 0.960 bits per heavy atom. The number of hydrogen-bond donors (Lipinski definition) is 1. The van der Waals surface area contributed by atoms with Crippen LogP contribution >= 0.6 is 0 Å². The van der Waals surface area contributed by atoms with Crippen LogP contribution in [-0.2, 0) is 0 Å². The van der Waals surface area contributed by atoms with E-state index in [1.165, 1.54) is 33.5 Å². The molecule has 0 saturated heterocycles. The van der Waals surface area contributed by atoms with Gasteiger partial charge in [0.05, 0.1) is 38.5 Å². The van der Waals surface area contributed by atoms with Crippen LogP contribution < -0.4 is 14.2 Å². The van der Waals surface area contributed by atoms with Crippen molar-refractivity contribution >= 4 is 17.6 Å². The highest BCUT2D eigenvalue weighted by molar-refractivity contribution is 5.93. The van der Waals surface area contributed by atoms with Crippen molar-refractivity contribution in [3.8, 4) is 23.3 Å². The first-order valence-electron chi connectivity index (χ1n) is 7.30. The number of nitrogens with zero attached hydrogens (tertiary/aromatic N) is 1. The zero-order chi connectivity index (χ0) is 18.4. The molecule has 0 bridgehead atoms. The molecule has 2 aromatic carbocycles. The monoisotopic (exact) mass is 339 g/mol. The molecular formula is C19H17NO5. The van der Waals surface area contributed by atoms with E-state index in [9.17, 15) is 10.1 Å². The van der Waals surface area contributed by atoms with Gasteiger partial charge in [-0.2, -0.15) is 5.26 Å². The van der Waals surface area contributed by atoms with Gasteiger partial charge >= 0.3 is 5.97 Å².